The minimum atomic E-state index is -3.49. The van der Waals surface area contributed by atoms with Gasteiger partial charge in [-0.15, -0.1) is 0 Å². The van der Waals surface area contributed by atoms with Gasteiger partial charge in [-0.1, -0.05) is 35.1 Å². The molecule has 1 heterocycles. The summed E-state index contributed by atoms with van der Waals surface area (Å²) in [7, 11) is -3.49. The van der Waals surface area contributed by atoms with E-state index in [2.05, 4.69) is 31.8 Å². The standard InChI is InChI=1S/C17H16BrN3O3S2/c1-11-5-7-12(8-6-11)26(23,24)10-9-15(22)20-21-17-19-16-13(18)3-2-4-14(16)25-17/h2-8H,9-10H2,1H3,(H,19,21)(H,20,22). The molecule has 0 radical (unpaired) electrons. The third-order valence-corrected chi connectivity index (χ3v) is 6.96. The zero-order chi connectivity index (χ0) is 18.7. The van der Waals surface area contributed by atoms with Crippen LogP contribution in [0.2, 0.25) is 0 Å². The number of rotatable bonds is 6. The number of aryl methyl sites for hydroxylation is 1. The van der Waals surface area contributed by atoms with Gasteiger partial charge in [0.25, 0.3) is 0 Å². The number of nitrogens with zero attached hydrogens (tertiary/aromatic N) is 1. The topological polar surface area (TPSA) is 88.2 Å². The largest absolute Gasteiger partial charge is 0.273 e. The van der Waals surface area contributed by atoms with Gasteiger partial charge in [0.2, 0.25) is 11.0 Å². The number of fused-ring (bicyclic) bond motifs is 1. The van der Waals surface area contributed by atoms with Crippen molar-refractivity contribution in [2.24, 2.45) is 0 Å². The van der Waals surface area contributed by atoms with Gasteiger partial charge in [-0.3, -0.25) is 15.6 Å². The summed E-state index contributed by atoms with van der Waals surface area (Å²) in [6.07, 6.45) is -0.141. The van der Waals surface area contributed by atoms with Crippen LogP contribution in [-0.4, -0.2) is 25.1 Å². The number of nitrogens with one attached hydrogen (secondary N) is 2. The molecule has 0 aliphatic heterocycles. The summed E-state index contributed by atoms with van der Waals surface area (Å²) >= 11 is 4.82. The molecule has 0 aliphatic rings. The van der Waals surface area contributed by atoms with Crippen LogP contribution in [0.1, 0.15) is 12.0 Å². The molecule has 0 unspecified atom stereocenters. The Labute approximate surface area is 163 Å². The van der Waals surface area contributed by atoms with Crippen LogP contribution < -0.4 is 10.9 Å². The molecule has 0 saturated carbocycles. The molecule has 3 rings (SSSR count). The maximum absolute atomic E-state index is 12.3. The predicted octanol–water partition coefficient (Wildman–Crippen LogP) is 3.67. The van der Waals surface area contributed by atoms with Crippen molar-refractivity contribution in [3.8, 4) is 0 Å². The van der Waals surface area contributed by atoms with E-state index in [1.807, 2.05) is 25.1 Å². The molecule has 9 heteroatoms. The fourth-order valence-electron chi connectivity index (χ4n) is 2.24. The summed E-state index contributed by atoms with van der Waals surface area (Å²) in [6.45, 7) is 1.89. The van der Waals surface area contributed by atoms with E-state index in [4.69, 9.17) is 0 Å². The minimum absolute atomic E-state index is 0.141. The van der Waals surface area contributed by atoms with Gasteiger partial charge in [-0.2, -0.15) is 0 Å². The molecule has 6 nitrogen and oxygen atoms in total. The number of carbonyl (C=O) groups excluding carboxylic acids is 1. The van der Waals surface area contributed by atoms with Gasteiger partial charge >= 0.3 is 0 Å². The Morgan fingerprint density at radius 2 is 1.92 bits per heavy atom. The zero-order valence-electron chi connectivity index (χ0n) is 13.8. The summed E-state index contributed by atoms with van der Waals surface area (Å²) in [5, 5.41) is 0.529. The normalized spacial score (nSPS) is 11.5. The Kier molecular flexibility index (Phi) is 5.59. The van der Waals surface area contributed by atoms with Gasteiger partial charge < -0.3 is 0 Å². The van der Waals surface area contributed by atoms with Crippen molar-refractivity contribution in [1.82, 2.24) is 10.4 Å². The van der Waals surface area contributed by atoms with Crippen LogP contribution in [0.15, 0.2) is 51.8 Å². The maximum atomic E-state index is 12.3. The van der Waals surface area contributed by atoms with Gasteiger partial charge in [0.15, 0.2) is 9.84 Å². The van der Waals surface area contributed by atoms with Crippen molar-refractivity contribution in [3.63, 3.8) is 0 Å². The second-order valence-electron chi connectivity index (χ2n) is 5.66. The van der Waals surface area contributed by atoms with Crippen molar-refractivity contribution >= 4 is 58.4 Å². The SMILES string of the molecule is Cc1ccc(S(=O)(=O)CCC(=O)NNc2nc3c(Br)cccc3s2)cc1. The number of carbonyl (C=O) groups is 1. The van der Waals surface area contributed by atoms with Crippen LogP contribution in [-0.2, 0) is 14.6 Å². The summed E-state index contributed by atoms with van der Waals surface area (Å²) in [5.41, 5.74) is 7.01. The van der Waals surface area contributed by atoms with Crippen molar-refractivity contribution in [1.29, 1.82) is 0 Å². The van der Waals surface area contributed by atoms with Gasteiger partial charge in [-0.05, 0) is 47.1 Å². The number of halogens is 1. The third kappa shape index (κ3) is 4.40. The number of amides is 1. The number of hydrogen-bond acceptors (Lipinski definition) is 6. The molecule has 2 aromatic carbocycles. The number of para-hydroxylation sites is 1. The molecule has 3 aromatic rings. The maximum Gasteiger partial charge on any atom is 0.239 e. The lowest BCUT2D eigenvalue weighted by Gasteiger charge is -2.07. The van der Waals surface area contributed by atoms with E-state index in [1.54, 1.807) is 24.3 Å². The van der Waals surface area contributed by atoms with E-state index >= 15 is 0 Å². The van der Waals surface area contributed by atoms with Gasteiger partial charge in [0.1, 0.15) is 0 Å². The molecule has 0 bridgehead atoms. The molecule has 1 amide bonds. The van der Waals surface area contributed by atoms with Crippen LogP contribution in [0.5, 0.6) is 0 Å². The number of hydrogen-bond donors (Lipinski definition) is 2. The van der Waals surface area contributed by atoms with Gasteiger partial charge in [0, 0.05) is 10.9 Å². The summed E-state index contributed by atoms with van der Waals surface area (Å²) in [6, 6.07) is 12.3. The molecule has 0 saturated heterocycles. The van der Waals surface area contributed by atoms with Crippen LogP contribution in [0.3, 0.4) is 0 Å². The van der Waals surface area contributed by atoms with E-state index < -0.39 is 15.7 Å². The van der Waals surface area contributed by atoms with Gasteiger partial charge in [-0.25, -0.2) is 13.4 Å². The number of hydrazine groups is 1. The Morgan fingerprint density at radius 1 is 1.19 bits per heavy atom. The van der Waals surface area contributed by atoms with Crippen molar-refractivity contribution in [3.05, 3.63) is 52.5 Å². The molecule has 26 heavy (non-hydrogen) atoms. The monoisotopic (exact) mass is 453 g/mol. The summed E-state index contributed by atoms with van der Waals surface area (Å²) in [5.74, 6) is -0.673. The molecule has 2 N–H and O–H groups in total. The van der Waals surface area contributed by atoms with E-state index in [-0.39, 0.29) is 17.1 Å². The molecular formula is C17H16BrN3O3S2. The quantitative estimate of drug-likeness (QED) is 0.555. The molecule has 0 aliphatic carbocycles. The predicted molar refractivity (Wildman–Crippen MR) is 107 cm³/mol. The average Bonchev–Trinajstić information content (AvgIpc) is 3.03. The van der Waals surface area contributed by atoms with Crippen molar-refractivity contribution in [2.75, 3.05) is 11.2 Å². The van der Waals surface area contributed by atoms with Crippen LogP contribution >= 0.6 is 27.3 Å². The smallest absolute Gasteiger partial charge is 0.239 e. The first-order valence-corrected chi connectivity index (χ1v) is 11.0. The average molecular weight is 454 g/mol. The highest BCUT2D eigenvalue weighted by Crippen LogP contribution is 2.30. The Morgan fingerprint density at radius 3 is 2.62 bits per heavy atom. The fourth-order valence-corrected chi connectivity index (χ4v) is 4.92. The second kappa shape index (κ2) is 7.73. The van der Waals surface area contributed by atoms with Crippen molar-refractivity contribution < 1.29 is 13.2 Å². The summed E-state index contributed by atoms with van der Waals surface area (Å²) < 4.78 is 26.4. The van der Waals surface area contributed by atoms with Crippen LogP contribution in [0, 0.1) is 6.92 Å². The lowest BCUT2D eigenvalue weighted by molar-refractivity contribution is -0.120. The number of benzene rings is 2. The number of aromatic nitrogens is 1. The number of sulfone groups is 1. The molecular weight excluding hydrogens is 438 g/mol. The van der Waals surface area contributed by atoms with Crippen LogP contribution in [0.4, 0.5) is 5.13 Å². The highest BCUT2D eigenvalue weighted by atomic mass is 79.9. The van der Waals surface area contributed by atoms with Crippen molar-refractivity contribution in [2.45, 2.75) is 18.2 Å². The molecule has 1 aromatic heterocycles. The molecule has 136 valence electrons. The third-order valence-electron chi connectivity index (χ3n) is 3.66. The molecule has 0 fully saturated rings. The highest BCUT2D eigenvalue weighted by molar-refractivity contribution is 9.10. The summed E-state index contributed by atoms with van der Waals surface area (Å²) in [4.78, 5) is 16.6. The zero-order valence-corrected chi connectivity index (χ0v) is 17.0. The van der Waals surface area contributed by atoms with E-state index in [0.717, 1.165) is 20.3 Å². The Hall–Kier alpha value is -1.97. The minimum Gasteiger partial charge on any atom is -0.273 e. The lowest BCUT2D eigenvalue weighted by atomic mass is 10.2. The fraction of sp³-hybridized carbons (Fsp3) is 0.176. The van der Waals surface area contributed by atoms with Gasteiger partial charge in [0.05, 0.1) is 20.9 Å². The number of anilines is 1. The second-order valence-corrected chi connectivity index (χ2v) is 9.65. The first kappa shape index (κ1) is 18.8. The number of thiazole rings is 1. The Balaban J connectivity index is 1.56. The van der Waals surface area contributed by atoms with E-state index in [0.29, 0.717) is 5.13 Å². The van der Waals surface area contributed by atoms with E-state index in [1.165, 1.54) is 11.3 Å². The highest BCUT2D eigenvalue weighted by Gasteiger charge is 2.16. The van der Waals surface area contributed by atoms with Crippen LogP contribution in [0.25, 0.3) is 10.2 Å². The first-order chi connectivity index (χ1) is 12.3. The Bertz CT molecular complexity index is 1050. The first-order valence-electron chi connectivity index (χ1n) is 7.74. The molecule has 0 spiro atoms. The van der Waals surface area contributed by atoms with E-state index in [9.17, 15) is 13.2 Å². The molecule has 0 atom stereocenters. The lowest BCUT2D eigenvalue weighted by Crippen LogP contribution is -2.30.